The van der Waals surface area contributed by atoms with Crippen LogP contribution in [0.1, 0.15) is 23.6 Å². The lowest BCUT2D eigenvalue weighted by Gasteiger charge is -2.27. The Balaban J connectivity index is 2.18. The zero-order chi connectivity index (χ0) is 11.8. The van der Waals surface area contributed by atoms with E-state index in [2.05, 4.69) is 49.5 Å². The summed E-state index contributed by atoms with van der Waals surface area (Å²) in [5.74, 6) is 0. The summed E-state index contributed by atoms with van der Waals surface area (Å²) in [7, 11) is 0. The quantitative estimate of drug-likeness (QED) is 0.827. The zero-order valence-electron chi connectivity index (χ0n) is 10.6. The third-order valence-electron chi connectivity index (χ3n) is 3.88. The molecule has 0 radical (unpaired) electrons. The largest absolute Gasteiger partial charge is 0.314 e. The first-order valence-corrected chi connectivity index (χ1v) is 6.53. The van der Waals surface area contributed by atoms with Crippen LogP contribution in [0.15, 0.2) is 30.3 Å². The standard InChI is InChI=1S/C16H19N/c1-3-17-14-9-13-6-4-5-12-8-7-11(2)15(10-14)16(12)13/h4-8,14,17H,3,9-10H2,1-2H3. The highest BCUT2D eigenvalue weighted by Crippen LogP contribution is 2.31. The molecule has 1 nitrogen and oxygen atoms in total. The average Bonchev–Trinajstić information content (AvgIpc) is 2.34. The number of aryl methyl sites for hydroxylation is 1. The van der Waals surface area contributed by atoms with E-state index in [0.29, 0.717) is 6.04 Å². The van der Waals surface area contributed by atoms with Crippen molar-refractivity contribution in [3.8, 4) is 0 Å². The number of benzene rings is 2. The predicted molar refractivity (Wildman–Crippen MR) is 73.6 cm³/mol. The lowest BCUT2D eigenvalue weighted by molar-refractivity contribution is 0.515. The molecule has 1 heteroatoms. The molecule has 1 atom stereocenters. The fourth-order valence-electron chi connectivity index (χ4n) is 3.09. The van der Waals surface area contributed by atoms with E-state index in [1.165, 1.54) is 34.7 Å². The highest BCUT2D eigenvalue weighted by molar-refractivity contribution is 5.90. The zero-order valence-corrected chi connectivity index (χ0v) is 10.6. The van der Waals surface area contributed by atoms with Gasteiger partial charge in [0.2, 0.25) is 0 Å². The topological polar surface area (TPSA) is 12.0 Å². The van der Waals surface area contributed by atoms with Crippen molar-refractivity contribution in [3.05, 3.63) is 47.0 Å². The van der Waals surface area contributed by atoms with Crippen LogP contribution in [0.2, 0.25) is 0 Å². The van der Waals surface area contributed by atoms with Gasteiger partial charge >= 0.3 is 0 Å². The van der Waals surface area contributed by atoms with Crippen molar-refractivity contribution < 1.29 is 0 Å². The highest BCUT2D eigenvalue weighted by Gasteiger charge is 2.20. The van der Waals surface area contributed by atoms with E-state index in [-0.39, 0.29) is 0 Å². The van der Waals surface area contributed by atoms with Crippen molar-refractivity contribution in [2.24, 2.45) is 0 Å². The molecule has 1 aliphatic rings. The minimum Gasteiger partial charge on any atom is -0.314 e. The van der Waals surface area contributed by atoms with Crippen LogP contribution >= 0.6 is 0 Å². The molecule has 2 aromatic rings. The minimum atomic E-state index is 0.610. The van der Waals surface area contributed by atoms with Crippen molar-refractivity contribution in [2.75, 3.05) is 6.54 Å². The van der Waals surface area contributed by atoms with Crippen molar-refractivity contribution in [1.82, 2.24) is 5.32 Å². The molecule has 0 amide bonds. The Labute approximate surface area is 103 Å². The van der Waals surface area contributed by atoms with Crippen molar-refractivity contribution in [2.45, 2.75) is 32.7 Å². The van der Waals surface area contributed by atoms with Gasteiger partial charge in [-0.05, 0) is 53.8 Å². The molecule has 88 valence electrons. The van der Waals surface area contributed by atoms with Gasteiger partial charge in [0.25, 0.3) is 0 Å². The fraction of sp³-hybridized carbons (Fsp3) is 0.375. The maximum atomic E-state index is 3.60. The average molecular weight is 225 g/mol. The molecule has 17 heavy (non-hydrogen) atoms. The van der Waals surface area contributed by atoms with Crippen molar-refractivity contribution >= 4 is 10.8 Å². The maximum Gasteiger partial charge on any atom is 0.0148 e. The SMILES string of the molecule is CCNC1Cc2cccc3ccc(C)c(c23)C1. The summed E-state index contributed by atoms with van der Waals surface area (Å²) in [6.45, 7) is 5.48. The van der Waals surface area contributed by atoms with E-state index in [0.717, 1.165) is 6.54 Å². The molecule has 0 aromatic heterocycles. The molecule has 0 saturated carbocycles. The van der Waals surface area contributed by atoms with E-state index < -0.39 is 0 Å². The molecule has 1 aliphatic carbocycles. The number of hydrogen-bond donors (Lipinski definition) is 1. The van der Waals surface area contributed by atoms with Crippen molar-refractivity contribution in [3.63, 3.8) is 0 Å². The summed E-state index contributed by atoms with van der Waals surface area (Å²) in [5.41, 5.74) is 4.50. The van der Waals surface area contributed by atoms with E-state index in [1.807, 2.05) is 0 Å². The summed E-state index contributed by atoms with van der Waals surface area (Å²) in [6.07, 6.45) is 2.34. The second kappa shape index (κ2) is 4.15. The molecule has 0 saturated heterocycles. The Kier molecular flexibility index (Phi) is 2.64. The first-order chi connectivity index (χ1) is 8.29. The first-order valence-electron chi connectivity index (χ1n) is 6.53. The van der Waals surface area contributed by atoms with Gasteiger partial charge in [-0.15, -0.1) is 0 Å². The van der Waals surface area contributed by atoms with Gasteiger partial charge in [0, 0.05) is 6.04 Å². The molecular weight excluding hydrogens is 206 g/mol. The molecule has 0 fully saturated rings. The summed E-state index contributed by atoms with van der Waals surface area (Å²) < 4.78 is 0. The molecule has 0 aliphatic heterocycles. The van der Waals surface area contributed by atoms with Gasteiger partial charge in [-0.3, -0.25) is 0 Å². The number of hydrogen-bond acceptors (Lipinski definition) is 1. The summed E-state index contributed by atoms with van der Waals surface area (Å²) >= 11 is 0. The van der Waals surface area contributed by atoms with E-state index in [4.69, 9.17) is 0 Å². The lowest BCUT2D eigenvalue weighted by atomic mass is 9.83. The van der Waals surface area contributed by atoms with Crippen LogP contribution in [0.25, 0.3) is 10.8 Å². The fourth-order valence-corrected chi connectivity index (χ4v) is 3.09. The Morgan fingerprint density at radius 3 is 2.88 bits per heavy atom. The van der Waals surface area contributed by atoms with E-state index >= 15 is 0 Å². The number of likely N-dealkylation sites (N-methyl/N-ethyl adjacent to an activating group) is 1. The third-order valence-corrected chi connectivity index (χ3v) is 3.88. The number of nitrogens with one attached hydrogen (secondary N) is 1. The van der Waals surface area contributed by atoms with E-state index in [1.54, 1.807) is 5.56 Å². The number of rotatable bonds is 2. The van der Waals surface area contributed by atoms with Gasteiger partial charge in [0.1, 0.15) is 0 Å². The predicted octanol–water partition coefficient (Wildman–Crippen LogP) is 3.22. The minimum absolute atomic E-state index is 0.610. The van der Waals surface area contributed by atoms with Gasteiger partial charge in [-0.2, -0.15) is 0 Å². The van der Waals surface area contributed by atoms with Crippen LogP contribution in [-0.2, 0) is 12.8 Å². The second-order valence-electron chi connectivity index (χ2n) is 5.04. The van der Waals surface area contributed by atoms with Crippen LogP contribution in [0, 0.1) is 6.92 Å². The molecule has 1 unspecified atom stereocenters. The van der Waals surface area contributed by atoms with Crippen molar-refractivity contribution in [1.29, 1.82) is 0 Å². The van der Waals surface area contributed by atoms with Crippen LogP contribution in [-0.4, -0.2) is 12.6 Å². The second-order valence-corrected chi connectivity index (χ2v) is 5.04. The summed E-state index contributed by atoms with van der Waals surface area (Å²) in [6, 6.07) is 11.8. The molecule has 1 N–H and O–H groups in total. The normalized spacial score (nSPS) is 18.6. The van der Waals surface area contributed by atoms with Crippen LogP contribution < -0.4 is 5.32 Å². The summed E-state index contributed by atoms with van der Waals surface area (Å²) in [5, 5.41) is 6.51. The molecule has 2 aromatic carbocycles. The first kappa shape index (κ1) is 10.8. The monoisotopic (exact) mass is 225 g/mol. The Morgan fingerprint density at radius 1 is 1.18 bits per heavy atom. The van der Waals surface area contributed by atoms with E-state index in [9.17, 15) is 0 Å². The van der Waals surface area contributed by atoms with Crippen LogP contribution in [0.3, 0.4) is 0 Å². The maximum absolute atomic E-state index is 3.60. The summed E-state index contributed by atoms with van der Waals surface area (Å²) in [4.78, 5) is 0. The third kappa shape index (κ3) is 1.75. The Morgan fingerprint density at radius 2 is 2.06 bits per heavy atom. The van der Waals surface area contributed by atoms with Gasteiger partial charge in [0.05, 0.1) is 0 Å². The molecule has 3 rings (SSSR count). The van der Waals surface area contributed by atoms with Gasteiger partial charge < -0.3 is 5.32 Å². The highest BCUT2D eigenvalue weighted by atomic mass is 14.9. The molecule has 0 spiro atoms. The smallest absolute Gasteiger partial charge is 0.0148 e. The molecular formula is C16H19N. The molecule has 0 bridgehead atoms. The van der Waals surface area contributed by atoms with Gasteiger partial charge in [0.15, 0.2) is 0 Å². The Bertz CT molecular complexity index is 557. The van der Waals surface area contributed by atoms with Crippen LogP contribution in [0.5, 0.6) is 0 Å². The molecule has 0 heterocycles. The van der Waals surface area contributed by atoms with Gasteiger partial charge in [-0.1, -0.05) is 37.3 Å². The van der Waals surface area contributed by atoms with Gasteiger partial charge in [-0.25, -0.2) is 0 Å². The Hall–Kier alpha value is -1.34. The lowest BCUT2D eigenvalue weighted by Crippen LogP contribution is -2.35. The van der Waals surface area contributed by atoms with Crippen LogP contribution in [0.4, 0.5) is 0 Å².